The molecule has 0 aromatic carbocycles. The van der Waals surface area contributed by atoms with Gasteiger partial charge in [0.25, 0.3) is 0 Å². The predicted octanol–water partition coefficient (Wildman–Crippen LogP) is 1.49. The number of aliphatic hydroxyl groups is 6. The summed E-state index contributed by atoms with van der Waals surface area (Å²) in [5.41, 5.74) is -0.0506. The minimum Gasteiger partial charge on any atom is -0.394 e. The molecule has 0 bridgehead atoms. The van der Waals surface area contributed by atoms with Gasteiger partial charge in [-0.15, -0.1) is 0 Å². The maximum atomic E-state index is 11.4. The van der Waals surface area contributed by atoms with E-state index in [4.69, 9.17) is 9.47 Å². The van der Waals surface area contributed by atoms with E-state index in [-0.39, 0.29) is 35.4 Å². The first-order valence-corrected chi connectivity index (χ1v) is 12.7. The van der Waals surface area contributed by atoms with Gasteiger partial charge in [-0.1, -0.05) is 32.4 Å². The Hall–Kier alpha value is -0.580. The van der Waals surface area contributed by atoms with Gasteiger partial charge in [0.1, 0.15) is 24.4 Å². The van der Waals surface area contributed by atoms with Crippen molar-refractivity contribution >= 4 is 0 Å². The van der Waals surface area contributed by atoms with Crippen molar-refractivity contribution in [3.8, 4) is 0 Å². The lowest BCUT2D eigenvalue weighted by atomic mass is 9.44. The van der Waals surface area contributed by atoms with Gasteiger partial charge in [0.15, 0.2) is 6.29 Å². The maximum absolute atomic E-state index is 11.4. The molecule has 6 N–H and O–H groups in total. The first-order chi connectivity index (χ1) is 15.8. The molecule has 0 spiro atoms. The summed E-state index contributed by atoms with van der Waals surface area (Å²) in [5.74, 6) is 0.351. The highest BCUT2D eigenvalue weighted by atomic mass is 16.7. The highest BCUT2D eigenvalue weighted by Crippen LogP contribution is 2.63. The molecule has 0 radical (unpaired) electrons. The zero-order valence-corrected chi connectivity index (χ0v) is 21.4. The SMILES string of the molecule is C/C(=C\CO)CC[C@@H]1[C@]2(C)CC[C@@H](O[C@H]3O[C@H](CO)[C@@H](O)[C@@H](O)[C@@H]3O)C(C)(C)[C@@H]2CC[C@]1(C)O. The monoisotopic (exact) mass is 486 g/mol. The van der Waals surface area contributed by atoms with Crippen molar-refractivity contribution in [2.75, 3.05) is 13.2 Å². The Morgan fingerprint density at radius 1 is 1.00 bits per heavy atom. The molecule has 0 aromatic rings. The Labute approximate surface area is 203 Å². The number of hydrogen-bond donors (Lipinski definition) is 6. The Bertz CT molecular complexity index is 720. The molecule has 3 rings (SSSR count). The number of rotatable bonds is 7. The second-order valence-corrected chi connectivity index (χ2v) is 12.0. The zero-order chi connectivity index (χ0) is 25.5. The standard InChI is InChI=1S/C26H46O8/c1-15(10-13-27)6-7-18-25(4)11-9-19(24(2,3)17(25)8-12-26(18,5)32)34-23-22(31)21(30)20(29)16(14-28)33-23/h10,16-23,27-32H,6-9,11-14H2,1-5H3/b15-10+/t16-,17+,18-,19-,20-,21-,22+,23-,25-,26+/m1/s1. The van der Waals surface area contributed by atoms with Gasteiger partial charge in [0.2, 0.25) is 0 Å². The van der Waals surface area contributed by atoms with Gasteiger partial charge in [-0.2, -0.15) is 0 Å². The van der Waals surface area contributed by atoms with Crippen LogP contribution in [0.5, 0.6) is 0 Å². The largest absolute Gasteiger partial charge is 0.394 e. The van der Waals surface area contributed by atoms with E-state index in [1.165, 1.54) is 0 Å². The number of hydrogen-bond acceptors (Lipinski definition) is 8. The van der Waals surface area contributed by atoms with Crippen molar-refractivity contribution in [1.82, 2.24) is 0 Å². The summed E-state index contributed by atoms with van der Waals surface area (Å²) in [4.78, 5) is 0. The molecular weight excluding hydrogens is 440 g/mol. The molecule has 8 nitrogen and oxygen atoms in total. The lowest BCUT2D eigenvalue weighted by Gasteiger charge is -2.63. The van der Waals surface area contributed by atoms with E-state index in [1.54, 1.807) is 0 Å². The van der Waals surface area contributed by atoms with E-state index in [1.807, 2.05) is 19.9 Å². The summed E-state index contributed by atoms with van der Waals surface area (Å²) in [5, 5.41) is 60.9. The fourth-order valence-electron chi connectivity index (χ4n) is 7.36. The first-order valence-electron chi connectivity index (χ1n) is 12.7. The number of fused-ring (bicyclic) bond motifs is 1. The van der Waals surface area contributed by atoms with Crippen LogP contribution in [0.15, 0.2) is 11.6 Å². The van der Waals surface area contributed by atoms with E-state index in [0.29, 0.717) is 12.8 Å². The highest BCUT2D eigenvalue weighted by Gasteiger charge is 2.61. The average Bonchev–Trinajstić information content (AvgIpc) is 2.75. The number of allylic oxidation sites excluding steroid dienone is 1. The lowest BCUT2D eigenvalue weighted by molar-refractivity contribution is -0.329. The smallest absolute Gasteiger partial charge is 0.186 e. The van der Waals surface area contributed by atoms with Crippen molar-refractivity contribution in [2.45, 2.75) is 116 Å². The molecule has 2 saturated carbocycles. The van der Waals surface area contributed by atoms with E-state index < -0.39 is 42.9 Å². The van der Waals surface area contributed by atoms with E-state index in [0.717, 1.165) is 31.3 Å². The Balaban J connectivity index is 1.80. The van der Waals surface area contributed by atoms with Gasteiger partial charge < -0.3 is 40.1 Å². The van der Waals surface area contributed by atoms with Crippen LogP contribution in [0.3, 0.4) is 0 Å². The zero-order valence-electron chi connectivity index (χ0n) is 21.4. The Kier molecular flexibility index (Phi) is 8.58. The molecule has 2 aliphatic carbocycles. The normalized spacial score (nSPS) is 47.3. The molecule has 0 aromatic heterocycles. The van der Waals surface area contributed by atoms with Gasteiger partial charge in [-0.3, -0.25) is 0 Å². The van der Waals surface area contributed by atoms with Crippen molar-refractivity contribution in [3.05, 3.63) is 11.6 Å². The molecule has 10 atom stereocenters. The fraction of sp³-hybridized carbons (Fsp3) is 0.923. The quantitative estimate of drug-likeness (QED) is 0.235. The third kappa shape index (κ3) is 5.11. The summed E-state index contributed by atoms with van der Waals surface area (Å²) in [7, 11) is 0. The molecule has 1 saturated heterocycles. The third-order valence-corrected chi connectivity index (χ3v) is 9.37. The highest BCUT2D eigenvalue weighted by molar-refractivity contribution is 5.11. The van der Waals surface area contributed by atoms with Crippen molar-refractivity contribution < 1.29 is 40.1 Å². The summed E-state index contributed by atoms with van der Waals surface area (Å²) in [6, 6.07) is 0. The van der Waals surface area contributed by atoms with Crippen molar-refractivity contribution in [2.24, 2.45) is 22.7 Å². The summed E-state index contributed by atoms with van der Waals surface area (Å²) in [6.07, 6.45) is -0.0937. The first kappa shape index (κ1) is 28.0. The van der Waals surface area contributed by atoms with Crippen LogP contribution in [0, 0.1) is 22.7 Å². The molecule has 198 valence electrons. The van der Waals surface area contributed by atoms with Crippen LogP contribution in [-0.4, -0.2) is 86.3 Å². The second-order valence-electron chi connectivity index (χ2n) is 12.0. The summed E-state index contributed by atoms with van der Waals surface area (Å²) in [6.45, 7) is 10.1. The van der Waals surface area contributed by atoms with E-state index in [2.05, 4.69) is 20.8 Å². The van der Waals surface area contributed by atoms with Crippen LogP contribution in [0.4, 0.5) is 0 Å². The molecule has 34 heavy (non-hydrogen) atoms. The molecule has 8 heteroatoms. The topological polar surface area (TPSA) is 140 Å². The minimum absolute atomic E-state index is 0.0246. The van der Waals surface area contributed by atoms with Crippen LogP contribution in [0.1, 0.15) is 73.1 Å². The molecule has 1 heterocycles. The number of aliphatic hydroxyl groups excluding tert-OH is 5. The van der Waals surface area contributed by atoms with E-state index in [9.17, 15) is 30.6 Å². The Morgan fingerprint density at radius 3 is 2.29 bits per heavy atom. The van der Waals surface area contributed by atoms with Gasteiger partial charge >= 0.3 is 0 Å². The molecular formula is C26H46O8. The van der Waals surface area contributed by atoms with Crippen LogP contribution in [-0.2, 0) is 9.47 Å². The fourth-order valence-corrected chi connectivity index (χ4v) is 7.36. The Morgan fingerprint density at radius 2 is 1.68 bits per heavy atom. The molecule has 0 unspecified atom stereocenters. The second kappa shape index (κ2) is 10.4. The van der Waals surface area contributed by atoms with Crippen LogP contribution in [0.2, 0.25) is 0 Å². The van der Waals surface area contributed by atoms with Crippen molar-refractivity contribution in [3.63, 3.8) is 0 Å². The van der Waals surface area contributed by atoms with Crippen LogP contribution < -0.4 is 0 Å². The maximum Gasteiger partial charge on any atom is 0.186 e. The van der Waals surface area contributed by atoms with Gasteiger partial charge in [0, 0.05) is 0 Å². The molecule has 1 aliphatic heterocycles. The van der Waals surface area contributed by atoms with Crippen LogP contribution >= 0.6 is 0 Å². The predicted molar refractivity (Wildman–Crippen MR) is 127 cm³/mol. The summed E-state index contributed by atoms with van der Waals surface area (Å²) < 4.78 is 11.9. The lowest BCUT2D eigenvalue weighted by Crippen LogP contribution is -2.63. The van der Waals surface area contributed by atoms with Crippen LogP contribution in [0.25, 0.3) is 0 Å². The molecule has 3 aliphatic rings. The third-order valence-electron chi connectivity index (χ3n) is 9.37. The van der Waals surface area contributed by atoms with E-state index >= 15 is 0 Å². The number of ether oxygens (including phenoxy) is 2. The average molecular weight is 487 g/mol. The van der Waals surface area contributed by atoms with Crippen molar-refractivity contribution in [1.29, 1.82) is 0 Å². The molecule has 3 fully saturated rings. The summed E-state index contributed by atoms with van der Waals surface area (Å²) >= 11 is 0. The molecule has 0 amide bonds. The van der Waals surface area contributed by atoms with Gasteiger partial charge in [-0.05, 0) is 75.0 Å². The van der Waals surface area contributed by atoms with Gasteiger partial charge in [-0.25, -0.2) is 0 Å². The van der Waals surface area contributed by atoms with Gasteiger partial charge in [0.05, 0.1) is 24.9 Å². The minimum atomic E-state index is -1.46.